The number of aliphatic imine (C=N–C) groups is 1. The maximum Gasteiger partial charge on any atom is 0.194 e. The average molecular weight is 403 g/mol. The van der Waals surface area contributed by atoms with Gasteiger partial charge in [-0.15, -0.1) is 11.3 Å². The number of hydrogen-bond donors (Lipinski definition) is 1. The fourth-order valence-corrected chi connectivity index (χ4v) is 4.63. The molecule has 0 atom stereocenters. The molecule has 28 heavy (non-hydrogen) atoms. The maximum atomic E-state index is 5.67. The molecule has 1 aliphatic rings. The Morgan fingerprint density at radius 2 is 2.11 bits per heavy atom. The van der Waals surface area contributed by atoms with Crippen molar-refractivity contribution in [3.63, 3.8) is 0 Å². The Balaban J connectivity index is 1.61. The van der Waals surface area contributed by atoms with Crippen LogP contribution in [0.3, 0.4) is 0 Å². The van der Waals surface area contributed by atoms with Gasteiger partial charge in [0.2, 0.25) is 0 Å². The number of methoxy groups -OCH3 is 1. The van der Waals surface area contributed by atoms with Gasteiger partial charge in [0, 0.05) is 25.5 Å². The Bertz CT molecular complexity index is 795. The Morgan fingerprint density at radius 1 is 1.29 bits per heavy atom. The SMILES string of the molecule is CCOc1cc(CNC(=NC)N(C)Cc2nc3c(s2)CCCC3)ccc1OC. The van der Waals surface area contributed by atoms with E-state index in [1.165, 1.54) is 34.8 Å². The second-order valence-corrected chi connectivity index (χ2v) is 8.03. The third-order valence-electron chi connectivity index (χ3n) is 4.81. The first-order valence-electron chi connectivity index (χ1n) is 9.83. The molecule has 0 unspecified atom stereocenters. The van der Waals surface area contributed by atoms with Gasteiger partial charge in [-0.3, -0.25) is 4.99 Å². The number of guanidine groups is 1. The Kier molecular flexibility index (Phi) is 7.14. The van der Waals surface area contributed by atoms with E-state index in [0.717, 1.165) is 36.0 Å². The summed E-state index contributed by atoms with van der Waals surface area (Å²) in [5.41, 5.74) is 2.42. The lowest BCUT2D eigenvalue weighted by atomic mass is 10.0. The quantitative estimate of drug-likeness (QED) is 0.566. The van der Waals surface area contributed by atoms with Gasteiger partial charge in [-0.1, -0.05) is 6.07 Å². The monoisotopic (exact) mass is 402 g/mol. The maximum absolute atomic E-state index is 5.67. The summed E-state index contributed by atoms with van der Waals surface area (Å²) in [6, 6.07) is 5.99. The molecule has 1 aliphatic carbocycles. The molecular formula is C21H30N4O2S. The van der Waals surface area contributed by atoms with Crippen LogP contribution in [0, 0.1) is 0 Å². The highest BCUT2D eigenvalue weighted by molar-refractivity contribution is 7.11. The minimum atomic E-state index is 0.607. The van der Waals surface area contributed by atoms with Gasteiger partial charge in [-0.2, -0.15) is 0 Å². The molecule has 0 saturated carbocycles. The van der Waals surface area contributed by atoms with Crippen molar-refractivity contribution < 1.29 is 9.47 Å². The van der Waals surface area contributed by atoms with Crippen LogP contribution in [0.1, 0.15) is 40.9 Å². The molecule has 3 rings (SSSR count). The van der Waals surface area contributed by atoms with Crippen LogP contribution < -0.4 is 14.8 Å². The third kappa shape index (κ3) is 4.95. The molecule has 1 aromatic heterocycles. The highest BCUT2D eigenvalue weighted by Gasteiger charge is 2.17. The summed E-state index contributed by atoms with van der Waals surface area (Å²) in [4.78, 5) is 12.9. The first-order chi connectivity index (χ1) is 13.6. The Hall–Kier alpha value is -2.28. The predicted molar refractivity (Wildman–Crippen MR) is 115 cm³/mol. The van der Waals surface area contributed by atoms with Crippen LogP contribution in [-0.4, -0.2) is 43.7 Å². The van der Waals surface area contributed by atoms with Crippen molar-refractivity contribution in [2.45, 2.75) is 45.7 Å². The normalized spacial score (nSPS) is 13.8. The zero-order valence-corrected chi connectivity index (χ0v) is 18.1. The average Bonchev–Trinajstić information content (AvgIpc) is 3.11. The predicted octanol–water partition coefficient (Wildman–Crippen LogP) is 3.64. The van der Waals surface area contributed by atoms with Crippen LogP contribution in [0.4, 0.5) is 0 Å². The van der Waals surface area contributed by atoms with E-state index in [9.17, 15) is 0 Å². The first-order valence-corrected chi connectivity index (χ1v) is 10.6. The largest absolute Gasteiger partial charge is 0.493 e. The number of nitrogens with one attached hydrogen (secondary N) is 1. The van der Waals surface area contributed by atoms with Crippen molar-refractivity contribution in [2.75, 3.05) is 27.8 Å². The zero-order valence-electron chi connectivity index (χ0n) is 17.2. The van der Waals surface area contributed by atoms with Gasteiger partial charge < -0.3 is 19.7 Å². The van der Waals surface area contributed by atoms with E-state index < -0.39 is 0 Å². The molecule has 2 aromatic rings. The van der Waals surface area contributed by atoms with E-state index in [2.05, 4.69) is 22.3 Å². The summed E-state index contributed by atoms with van der Waals surface area (Å²) in [5.74, 6) is 2.36. The molecule has 1 aromatic carbocycles. The molecule has 7 heteroatoms. The van der Waals surface area contributed by atoms with Crippen molar-refractivity contribution >= 4 is 17.3 Å². The zero-order chi connectivity index (χ0) is 19.9. The molecule has 0 spiro atoms. The first kappa shape index (κ1) is 20.5. The van der Waals surface area contributed by atoms with Crippen LogP contribution in [0.5, 0.6) is 11.5 Å². The molecular weight excluding hydrogens is 372 g/mol. The van der Waals surface area contributed by atoms with Gasteiger partial charge >= 0.3 is 0 Å². The highest BCUT2D eigenvalue weighted by atomic mass is 32.1. The van der Waals surface area contributed by atoms with Crippen LogP contribution in [-0.2, 0) is 25.9 Å². The second kappa shape index (κ2) is 9.78. The van der Waals surface area contributed by atoms with Gasteiger partial charge in [0.1, 0.15) is 5.01 Å². The molecule has 0 bridgehead atoms. The van der Waals surface area contributed by atoms with E-state index in [-0.39, 0.29) is 0 Å². The van der Waals surface area contributed by atoms with Gasteiger partial charge in [0.05, 0.1) is 26.0 Å². The number of benzene rings is 1. The van der Waals surface area contributed by atoms with Gasteiger partial charge in [0.15, 0.2) is 17.5 Å². The van der Waals surface area contributed by atoms with E-state index in [4.69, 9.17) is 14.5 Å². The molecule has 1 N–H and O–H groups in total. The van der Waals surface area contributed by atoms with Crippen molar-refractivity contribution in [1.29, 1.82) is 0 Å². The van der Waals surface area contributed by atoms with Gasteiger partial charge in [-0.05, 0) is 50.3 Å². The molecule has 0 aliphatic heterocycles. The number of aromatic nitrogens is 1. The standard InChI is InChI=1S/C21H30N4O2S/c1-5-27-18-12-15(10-11-17(18)26-4)13-23-21(22-2)25(3)14-20-24-16-8-6-7-9-19(16)28-20/h10-12H,5-9,13-14H2,1-4H3,(H,22,23). The van der Waals surface area contributed by atoms with Crippen molar-refractivity contribution in [1.82, 2.24) is 15.2 Å². The summed E-state index contributed by atoms with van der Waals surface area (Å²) in [6.45, 7) is 4.01. The fraction of sp³-hybridized carbons (Fsp3) is 0.524. The lowest BCUT2D eigenvalue weighted by Crippen LogP contribution is -2.38. The van der Waals surface area contributed by atoms with E-state index >= 15 is 0 Å². The smallest absolute Gasteiger partial charge is 0.194 e. The molecule has 0 radical (unpaired) electrons. The van der Waals surface area contributed by atoms with E-state index in [1.807, 2.05) is 43.5 Å². The van der Waals surface area contributed by atoms with Crippen molar-refractivity contribution in [2.24, 2.45) is 4.99 Å². The number of thiazole rings is 1. The molecule has 1 heterocycles. The lowest BCUT2D eigenvalue weighted by Gasteiger charge is -2.21. The van der Waals surface area contributed by atoms with Crippen molar-refractivity contribution in [3.05, 3.63) is 39.3 Å². The van der Waals surface area contributed by atoms with Crippen LogP contribution in [0.15, 0.2) is 23.2 Å². The Labute approximate surface area is 171 Å². The number of ether oxygens (including phenoxy) is 2. The lowest BCUT2D eigenvalue weighted by molar-refractivity contribution is 0.310. The third-order valence-corrected chi connectivity index (χ3v) is 5.96. The molecule has 0 fully saturated rings. The molecule has 152 valence electrons. The van der Waals surface area contributed by atoms with Gasteiger partial charge in [0.25, 0.3) is 0 Å². The highest BCUT2D eigenvalue weighted by Crippen LogP contribution is 2.28. The topological polar surface area (TPSA) is 59.0 Å². The van der Waals surface area contributed by atoms with E-state index in [0.29, 0.717) is 13.2 Å². The number of hydrogen-bond acceptors (Lipinski definition) is 5. The van der Waals surface area contributed by atoms with Gasteiger partial charge in [-0.25, -0.2) is 4.98 Å². The molecule has 0 amide bonds. The fourth-order valence-electron chi connectivity index (χ4n) is 3.42. The minimum Gasteiger partial charge on any atom is -0.493 e. The number of aryl methyl sites for hydroxylation is 2. The van der Waals surface area contributed by atoms with Crippen molar-refractivity contribution in [3.8, 4) is 11.5 Å². The number of fused-ring (bicyclic) bond motifs is 1. The van der Waals surface area contributed by atoms with Crippen LogP contribution in [0.2, 0.25) is 0 Å². The van der Waals surface area contributed by atoms with Crippen LogP contribution in [0.25, 0.3) is 0 Å². The summed E-state index contributed by atoms with van der Waals surface area (Å²) >= 11 is 1.85. The van der Waals surface area contributed by atoms with Crippen LogP contribution >= 0.6 is 11.3 Å². The summed E-state index contributed by atoms with van der Waals surface area (Å²) in [6.07, 6.45) is 4.87. The summed E-state index contributed by atoms with van der Waals surface area (Å²) in [7, 11) is 5.52. The number of nitrogens with zero attached hydrogens (tertiary/aromatic N) is 3. The summed E-state index contributed by atoms with van der Waals surface area (Å²) < 4.78 is 11.0. The Morgan fingerprint density at radius 3 is 2.82 bits per heavy atom. The minimum absolute atomic E-state index is 0.607. The molecule has 6 nitrogen and oxygen atoms in total. The summed E-state index contributed by atoms with van der Waals surface area (Å²) in [5, 5.41) is 4.60. The second-order valence-electron chi connectivity index (χ2n) is 6.86. The van der Waals surface area contributed by atoms with E-state index in [1.54, 1.807) is 7.11 Å². The molecule has 0 saturated heterocycles. The number of rotatable bonds is 7.